The third-order valence-corrected chi connectivity index (χ3v) is 3.65. The summed E-state index contributed by atoms with van der Waals surface area (Å²) in [6.07, 6.45) is 1.52. The minimum Gasteiger partial charge on any atom is -0.464 e. The molecular weight excluding hydrogens is 301 g/mol. The number of nitrogens with zero attached hydrogens (tertiary/aromatic N) is 2. The highest BCUT2D eigenvalue weighted by atomic mass is 19.1. The molecule has 1 aromatic heterocycles. The number of benzene rings is 1. The van der Waals surface area contributed by atoms with E-state index in [2.05, 4.69) is 10.3 Å². The first-order valence-corrected chi connectivity index (χ1v) is 6.91. The van der Waals surface area contributed by atoms with Crippen LogP contribution in [0.4, 0.5) is 15.9 Å². The van der Waals surface area contributed by atoms with Gasteiger partial charge < -0.3 is 10.1 Å². The first-order valence-electron chi connectivity index (χ1n) is 6.91. The fraction of sp³-hybridized carbons (Fsp3) is 0.188. The molecule has 0 fully saturated rings. The molecule has 0 unspecified atom stereocenters. The van der Waals surface area contributed by atoms with Gasteiger partial charge in [-0.25, -0.2) is 9.37 Å². The third-order valence-electron chi connectivity index (χ3n) is 3.65. The lowest BCUT2D eigenvalue weighted by Crippen LogP contribution is -2.60. The minimum absolute atomic E-state index is 0.0187. The van der Waals surface area contributed by atoms with E-state index in [0.717, 1.165) is 0 Å². The molecule has 0 radical (unpaired) electrons. The fourth-order valence-electron chi connectivity index (χ4n) is 2.34. The zero-order valence-corrected chi connectivity index (χ0v) is 12.5. The number of halogens is 1. The fourth-order valence-corrected chi connectivity index (χ4v) is 2.34. The number of ether oxygens (including phenoxy) is 1. The molecule has 0 saturated carbocycles. The summed E-state index contributed by atoms with van der Waals surface area (Å²) in [6.45, 7) is 1.35. The highest BCUT2D eigenvalue weighted by Gasteiger charge is 2.50. The van der Waals surface area contributed by atoms with Crippen molar-refractivity contribution in [3.63, 3.8) is 0 Å². The Bertz CT molecular complexity index is 796. The van der Waals surface area contributed by atoms with E-state index in [1.807, 2.05) is 0 Å². The van der Waals surface area contributed by atoms with Gasteiger partial charge in [-0.3, -0.25) is 14.5 Å². The SMILES string of the molecule is CN1C(=O)[C@@](C)(C(=O)Nc2ccccc2F)Oc2cccnc21. The maximum Gasteiger partial charge on any atom is 0.281 e. The van der Waals surface area contributed by atoms with Crippen molar-refractivity contribution in [3.05, 3.63) is 48.4 Å². The topological polar surface area (TPSA) is 71.5 Å². The number of aromatic nitrogens is 1. The Hall–Kier alpha value is -2.96. The summed E-state index contributed by atoms with van der Waals surface area (Å²) < 4.78 is 19.3. The zero-order valence-electron chi connectivity index (χ0n) is 12.5. The van der Waals surface area contributed by atoms with Crippen molar-refractivity contribution in [2.24, 2.45) is 0 Å². The minimum atomic E-state index is -1.81. The quantitative estimate of drug-likeness (QED) is 0.860. The summed E-state index contributed by atoms with van der Waals surface area (Å²) in [5.74, 6) is -1.30. The van der Waals surface area contributed by atoms with Crippen LogP contribution >= 0.6 is 0 Å². The molecule has 23 heavy (non-hydrogen) atoms. The van der Waals surface area contributed by atoms with Gasteiger partial charge in [0.1, 0.15) is 5.82 Å². The molecule has 1 aliphatic heterocycles. The number of fused-ring (bicyclic) bond motifs is 1. The van der Waals surface area contributed by atoms with E-state index in [0.29, 0.717) is 11.6 Å². The Labute approximate surface area is 131 Å². The van der Waals surface area contributed by atoms with Gasteiger partial charge in [0.15, 0.2) is 11.6 Å². The molecule has 1 atom stereocenters. The molecule has 1 aromatic carbocycles. The molecular formula is C16H14FN3O3. The lowest BCUT2D eigenvalue weighted by molar-refractivity contribution is -0.145. The van der Waals surface area contributed by atoms with E-state index in [1.165, 1.54) is 43.3 Å². The number of hydrogen-bond donors (Lipinski definition) is 1. The number of hydrogen-bond acceptors (Lipinski definition) is 4. The second-order valence-corrected chi connectivity index (χ2v) is 5.26. The van der Waals surface area contributed by atoms with Gasteiger partial charge in [-0.05, 0) is 31.2 Å². The van der Waals surface area contributed by atoms with Crippen molar-refractivity contribution in [1.82, 2.24) is 4.98 Å². The third kappa shape index (κ3) is 2.40. The van der Waals surface area contributed by atoms with Crippen molar-refractivity contribution in [2.45, 2.75) is 12.5 Å². The number of para-hydroxylation sites is 1. The Morgan fingerprint density at radius 3 is 2.78 bits per heavy atom. The molecule has 0 spiro atoms. The van der Waals surface area contributed by atoms with Gasteiger partial charge >= 0.3 is 0 Å². The number of rotatable bonds is 2. The highest BCUT2D eigenvalue weighted by molar-refractivity contribution is 6.19. The van der Waals surface area contributed by atoms with Crippen LogP contribution < -0.4 is 15.0 Å². The monoisotopic (exact) mass is 315 g/mol. The number of anilines is 2. The van der Waals surface area contributed by atoms with Gasteiger partial charge in [0.2, 0.25) is 0 Å². The molecule has 3 rings (SSSR count). The summed E-state index contributed by atoms with van der Waals surface area (Å²) in [6, 6.07) is 8.95. The first kappa shape index (κ1) is 15.0. The van der Waals surface area contributed by atoms with Crippen molar-refractivity contribution in [1.29, 1.82) is 0 Å². The summed E-state index contributed by atoms with van der Waals surface area (Å²) in [4.78, 5) is 30.4. The van der Waals surface area contributed by atoms with Crippen LogP contribution in [0.5, 0.6) is 5.75 Å². The lowest BCUT2D eigenvalue weighted by atomic mass is 10.0. The standard InChI is InChI=1S/C16H14FN3O3/c1-16(14(21)19-11-7-4-3-6-10(11)17)15(22)20(2)13-12(23-16)8-5-9-18-13/h3-9H,1-2H3,(H,19,21)/t16-/m1/s1. The molecule has 0 bridgehead atoms. The molecule has 1 aliphatic rings. The van der Waals surface area contributed by atoms with Gasteiger partial charge in [0.05, 0.1) is 5.69 Å². The lowest BCUT2D eigenvalue weighted by Gasteiger charge is -2.36. The molecule has 118 valence electrons. The van der Waals surface area contributed by atoms with Gasteiger partial charge in [-0.1, -0.05) is 12.1 Å². The van der Waals surface area contributed by atoms with E-state index < -0.39 is 23.2 Å². The zero-order chi connectivity index (χ0) is 16.6. The number of pyridine rings is 1. The van der Waals surface area contributed by atoms with Crippen molar-refractivity contribution < 1.29 is 18.7 Å². The number of carbonyl (C=O) groups excluding carboxylic acids is 2. The maximum atomic E-state index is 13.7. The van der Waals surface area contributed by atoms with Crippen LogP contribution in [-0.4, -0.2) is 29.4 Å². The van der Waals surface area contributed by atoms with E-state index in [4.69, 9.17) is 4.74 Å². The smallest absolute Gasteiger partial charge is 0.281 e. The Kier molecular flexibility index (Phi) is 3.48. The second-order valence-electron chi connectivity index (χ2n) is 5.26. The molecule has 0 aliphatic carbocycles. The van der Waals surface area contributed by atoms with Crippen LogP contribution in [0.25, 0.3) is 0 Å². The van der Waals surface area contributed by atoms with Gasteiger partial charge in [0, 0.05) is 13.2 Å². The van der Waals surface area contributed by atoms with E-state index in [-0.39, 0.29) is 5.69 Å². The van der Waals surface area contributed by atoms with Crippen LogP contribution in [-0.2, 0) is 9.59 Å². The van der Waals surface area contributed by atoms with Gasteiger partial charge in [-0.2, -0.15) is 0 Å². The molecule has 2 amide bonds. The average molecular weight is 315 g/mol. The average Bonchev–Trinajstić information content (AvgIpc) is 2.55. The summed E-state index contributed by atoms with van der Waals surface area (Å²) >= 11 is 0. The van der Waals surface area contributed by atoms with E-state index in [1.54, 1.807) is 18.2 Å². The maximum absolute atomic E-state index is 13.7. The normalized spacial score (nSPS) is 19.8. The van der Waals surface area contributed by atoms with Gasteiger partial charge in [-0.15, -0.1) is 0 Å². The largest absolute Gasteiger partial charge is 0.464 e. The second kappa shape index (κ2) is 5.35. The number of likely N-dealkylation sites (N-methyl/N-ethyl adjacent to an activating group) is 1. The summed E-state index contributed by atoms with van der Waals surface area (Å²) in [5, 5.41) is 2.40. The predicted octanol–water partition coefficient (Wildman–Crippen LogP) is 1.97. The number of nitrogens with one attached hydrogen (secondary N) is 1. The van der Waals surface area contributed by atoms with Gasteiger partial charge in [0.25, 0.3) is 17.4 Å². The van der Waals surface area contributed by atoms with Crippen LogP contribution in [0.3, 0.4) is 0 Å². The molecule has 2 heterocycles. The molecule has 0 saturated heterocycles. The predicted molar refractivity (Wildman–Crippen MR) is 81.7 cm³/mol. The van der Waals surface area contributed by atoms with E-state index in [9.17, 15) is 14.0 Å². The van der Waals surface area contributed by atoms with Crippen molar-refractivity contribution in [2.75, 3.05) is 17.3 Å². The number of amides is 2. The Morgan fingerprint density at radius 1 is 1.30 bits per heavy atom. The van der Waals surface area contributed by atoms with Crippen molar-refractivity contribution in [3.8, 4) is 5.75 Å². The van der Waals surface area contributed by atoms with E-state index >= 15 is 0 Å². The first-order chi connectivity index (χ1) is 10.9. The molecule has 7 heteroatoms. The van der Waals surface area contributed by atoms with Crippen LogP contribution in [0.1, 0.15) is 6.92 Å². The Balaban J connectivity index is 1.94. The number of carbonyl (C=O) groups is 2. The Morgan fingerprint density at radius 2 is 2.04 bits per heavy atom. The van der Waals surface area contributed by atoms with Crippen molar-refractivity contribution >= 4 is 23.3 Å². The summed E-state index contributed by atoms with van der Waals surface area (Å²) in [7, 11) is 1.51. The van der Waals surface area contributed by atoms with Crippen LogP contribution in [0.15, 0.2) is 42.6 Å². The summed E-state index contributed by atoms with van der Waals surface area (Å²) in [5.41, 5.74) is -1.83. The molecule has 2 aromatic rings. The van der Waals surface area contributed by atoms with Crippen LogP contribution in [0.2, 0.25) is 0 Å². The highest BCUT2D eigenvalue weighted by Crippen LogP contribution is 2.35. The van der Waals surface area contributed by atoms with Crippen LogP contribution in [0, 0.1) is 5.82 Å². The molecule has 6 nitrogen and oxygen atoms in total. The molecule has 1 N–H and O–H groups in total.